The lowest BCUT2D eigenvalue weighted by Gasteiger charge is -2.57. The largest absolute Gasteiger partial charge is 0.396 e. The summed E-state index contributed by atoms with van der Waals surface area (Å²) in [5.74, 6) is 0.155. The zero-order valence-corrected chi connectivity index (χ0v) is 12.7. The van der Waals surface area contributed by atoms with Crippen molar-refractivity contribution in [3.05, 3.63) is 12.7 Å². The topological polar surface area (TPSA) is 40.5 Å². The molecule has 2 atom stereocenters. The molecule has 3 nitrogen and oxygen atoms in total. The Kier molecular flexibility index (Phi) is 3.89. The summed E-state index contributed by atoms with van der Waals surface area (Å²) >= 11 is 0. The number of aliphatic hydroxyl groups excluding tert-OH is 1. The molecule has 1 amide bonds. The van der Waals surface area contributed by atoms with E-state index in [2.05, 4.69) is 45.0 Å². The summed E-state index contributed by atoms with van der Waals surface area (Å²) in [5, 5.41) is 9.13. The molecule has 1 fully saturated rings. The smallest absolute Gasteiger partial charge is 0.220 e. The van der Waals surface area contributed by atoms with Gasteiger partial charge in [0.05, 0.1) is 12.0 Å². The van der Waals surface area contributed by atoms with Crippen LogP contribution < -0.4 is 0 Å². The van der Waals surface area contributed by atoms with Crippen LogP contribution in [0.2, 0.25) is 18.1 Å². The molecule has 0 saturated carbocycles. The molecule has 1 aliphatic rings. The lowest BCUT2D eigenvalue weighted by molar-refractivity contribution is -0.146. The standard InChI is InChI=1S/C13H25NO2Si/c1-7-11-10(8-9-15)12(16)14(11)17(5,6)13(2,3)4/h7,10-11,15H,1,8-9H2,2-6H3. The van der Waals surface area contributed by atoms with Gasteiger partial charge < -0.3 is 9.67 Å². The van der Waals surface area contributed by atoms with Gasteiger partial charge in [-0.2, -0.15) is 0 Å². The van der Waals surface area contributed by atoms with E-state index in [1.54, 1.807) is 0 Å². The van der Waals surface area contributed by atoms with Crippen molar-refractivity contribution in [2.45, 2.75) is 51.4 Å². The second kappa shape index (κ2) is 4.57. The van der Waals surface area contributed by atoms with Crippen LogP contribution in [0.15, 0.2) is 12.7 Å². The number of β-lactam (4-membered cyclic amide) rings is 1. The van der Waals surface area contributed by atoms with Gasteiger partial charge in [-0.05, 0) is 11.5 Å². The molecule has 0 aromatic heterocycles. The predicted octanol–water partition coefficient (Wildman–Crippen LogP) is 2.39. The van der Waals surface area contributed by atoms with Crippen LogP contribution in [0.25, 0.3) is 0 Å². The van der Waals surface area contributed by atoms with Gasteiger partial charge in [0.25, 0.3) is 0 Å². The molecule has 0 radical (unpaired) electrons. The van der Waals surface area contributed by atoms with E-state index in [0.29, 0.717) is 6.42 Å². The number of nitrogens with zero attached hydrogens (tertiary/aromatic N) is 1. The number of carbonyl (C=O) groups is 1. The van der Waals surface area contributed by atoms with Gasteiger partial charge in [-0.15, -0.1) is 6.58 Å². The van der Waals surface area contributed by atoms with Crippen molar-refractivity contribution < 1.29 is 9.90 Å². The average Bonchev–Trinajstić information content (AvgIpc) is 2.19. The zero-order chi connectivity index (χ0) is 13.4. The molecule has 1 saturated heterocycles. The Morgan fingerprint density at radius 3 is 2.35 bits per heavy atom. The molecule has 17 heavy (non-hydrogen) atoms. The van der Waals surface area contributed by atoms with E-state index >= 15 is 0 Å². The van der Waals surface area contributed by atoms with Crippen molar-refractivity contribution in [2.24, 2.45) is 5.92 Å². The molecular formula is C13H25NO2Si. The van der Waals surface area contributed by atoms with Crippen LogP contribution in [0, 0.1) is 5.92 Å². The predicted molar refractivity (Wildman–Crippen MR) is 73.2 cm³/mol. The minimum absolute atomic E-state index is 0.0494. The number of hydrogen-bond acceptors (Lipinski definition) is 2. The third-order valence-electron chi connectivity index (χ3n) is 4.38. The molecular weight excluding hydrogens is 230 g/mol. The SMILES string of the molecule is C=CC1C(CCO)C(=O)N1[Si](C)(C)C(C)(C)C. The Morgan fingerprint density at radius 2 is 2.00 bits per heavy atom. The Balaban J connectivity index is 2.94. The molecule has 0 aliphatic carbocycles. The first-order chi connectivity index (χ1) is 7.68. The molecule has 4 heteroatoms. The van der Waals surface area contributed by atoms with E-state index in [9.17, 15) is 4.79 Å². The minimum Gasteiger partial charge on any atom is -0.396 e. The van der Waals surface area contributed by atoms with Gasteiger partial charge in [0.15, 0.2) is 8.24 Å². The fourth-order valence-electron chi connectivity index (χ4n) is 2.28. The van der Waals surface area contributed by atoms with Gasteiger partial charge in [-0.3, -0.25) is 4.79 Å². The summed E-state index contributed by atoms with van der Waals surface area (Å²) in [6, 6.07) is 0.121. The van der Waals surface area contributed by atoms with E-state index in [0.717, 1.165) is 0 Å². The van der Waals surface area contributed by atoms with Gasteiger partial charge in [0.1, 0.15) is 0 Å². The summed E-state index contributed by atoms with van der Waals surface area (Å²) in [5.41, 5.74) is 0. The monoisotopic (exact) mass is 255 g/mol. The van der Waals surface area contributed by atoms with Crippen molar-refractivity contribution in [3.63, 3.8) is 0 Å². The lowest BCUT2D eigenvalue weighted by atomic mass is 9.88. The molecule has 0 spiro atoms. The molecule has 2 unspecified atom stereocenters. The molecule has 1 rings (SSSR count). The van der Waals surface area contributed by atoms with Crippen LogP contribution in [0.1, 0.15) is 27.2 Å². The maximum atomic E-state index is 12.2. The Labute approximate surface area is 106 Å². The second-order valence-corrected chi connectivity index (χ2v) is 11.5. The molecule has 1 aliphatic heterocycles. The quantitative estimate of drug-likeness (QED) is 0.476. The molecule has 98 valence electrons. The number of hydrogen-bond donors (Lipinski definition) is 1. The summed E-state index contributed by atoms with van der Waals surface area (Å²) in [6.45, 7) is 15.0. The minimum atomic E-state index is -1.81. The maximum Gasteiger partial charge on any atom is 0.220 e. The fraction of sp³-hybridized carbons (Fsp3) is 0.769. The molecule has 0 bridgehead atoms. The summed E-state index contributed by atoms with van der Waals surface area (Å²) in [6.07, 6.45) is 2.42. The van der Waals surface area contributed by atoms with Crippen LogP contribution in [-0.2, 0) is 4.79 Å². The van der Waals surface area contributed by atoms with Crippen molar-refractivity contribution in [1.82, 2.24) is 4.57 Å². The highest BCUT2D eigenvalue weighted by molar-refractivity contribution is 6.80. The third-order valence-corrected chi connectivity index (χ3v) is 9.78. The third kappa shape index (κ3) is 2.20. The highest BCUT2D eigenvalue weighted by Gasteiger charge is 2.55. The number of carbonyl (C=O) groups excluding carboxylic acids is 1. The zero-order valence-electron chi connectivity index (χ0n) is 11.7. The number of rotatable bonds is 4. The van der Waals surface area contributed by atoms with E-state index in [1.807, 2.05) is 6.08 Å². The van der Waals surface area contributed by atoms with Gasteiger partial charge in [0, 0.05) is 6.61 Å². The van der Waals surface area contributed by atoms with Crippen molar-refractivity contribution in [2.75, 3.05) is 6.61 Å². The highest BCUT2D eigenvalue weighted by Crippen LogP contribution is 2.45. The Hall–Kier alpha value is -0.613. The van der Waals surface area contributed by atoms with E-state index in [-0.39, 0.29) is 29.5 Å². The van der Waals surface area contributed by atoms with Gasteiger partial charge in [0.2, 0.25) is 5.91 Å². The first kappa shape index (κ1) is 14.4. The molecule has 1 N–H and O–H groups in total. The van der Waals surface area contributed by atoms with Crippen LogP contribution in [0.4, 0.5) is 0 Å². The molecule has 0 aromatic carbocycles. The fourth-order valence-corrected chi connectivity index (χ4v) is 4.75. The van der Waals surface area contributed by atoms with E-state index in [4.69, 9.17) is 5.11 Å². The molecule has 1 heterocycles. The Morgan fingerprint density at radius 1 is 1.47 bits per heavy atom. The average molecular weight is 255 g/mol. The number of aliphatic hydroxyl groups is 1. The normalized spacial score (nSPS) is 25.8. The molecule has 0 aromatic rings. The van der Waals surface area contributed by atoms with Gasteiger partial charge in [-0.25, -0.2) is 0 Å². The first-order valence-electron chi connectivity index (χ1n) is 6.25. The van der Waals surface area contributed by atoms with Crippen LogP contribution >= 0.6 is 0 Å². The highest BCUT2D eigenvalue weighted by atomic mass is 28.3. The van der Waals surface area contributed by atoms with Crippen molar-refractivity contribution >= 4 is 14.1 Å². The van der Waals surface area contributed by atoms with Crippen molar-refractivity contribution in [3.8, 4) is 0 Å². The number of amides is 1. The first-order valence-corrected chi connectivity index (χ1v) is 9.19. The second-order valence-electron chi connectivity index (χ2n) is 6.36. The van der Waals surface area contributed by atoms with Gasteiger partial charge >= 0.3 is 0 Å². The maximum absolute atomic E-state index is 12.2. The van der Waals surface area contributed by atoms with Crippen LogP contribution in [-0.4, -0.2) is 36.5 Å². The van der Waals surface area contributed by atoms with E-state index < -0.39 is 8.24 Å². The lowest BCUT2D eigenvalue weighted by Crippen LogP contribution is -2.72. The van der Waals surface area contributed by atoms with Crippen LogP contribution in [0.5, 0.6) is 0 Å². The van der Waals surface area contributed by atoms with Crippen molar-refractivity contribution in [1.29, 1.82) is 0 Å². The summed E-state index contributed by atoms with van der Waals surface area (Å²) < 4.78 is 2.06. The summed E-state index contributed by atoms with van der Waals surface area (Å²) in [4.78, 5) is 12.2. The van der Waals surface area contributed by atoms with Crippen LogP contribution in [0.3, 0.4) is 0 Å². The Bertz CT molecular complexity index is 320. The van der Waals surface area contributed by atoms with E-state index in [1.165, 1.54) is 0 Å². The summed E-state index contributed by atoms with van der Waals surface area (Å²) in [7, 11) is -1.81. The van der Waals surface area contributed by atoms with Gasteiger partial charge in [-0.1, -0.05) is 39.9 Å².